The van der Waals surface area contributed by atoms with Crippen LogP contribution in [0.2, 0.25) is 0 Å². The van der Waals surface area contributed by atoms with Crippen LogP contribution in [0, 0.1) is 5.92 Å². The highest BCUT2D eigenvalue weighted by atomic mass is 15.2. The molecule has 0 bridgehead atoms. The van der Waals surface area contributed by atoms with E-state index in [1.54, 1.807) is 0 Å². The monoisotopic (exact) mass is 156 g/mol. The van der Waals surface area contributed by atoms with Gasteiger partial charge in [-0.15, -0.1) is 0 Å². The third kappa shape index (κ3) is 1.94. The number of rotatable bonds is 3. The quantitative estimate of drug-likeness (QED) is 0.654. The van der Waals surface area contributed by atoms with Gasteiger partial charge in [-0.05, 0) is 45.9 Å². The lowest BCUT2D eigenvalue weighted by Crippen LogP contribution is -2.33. The van der Waals surface area contributed by atoms with Gasteiger partial charge in [0, 0.05) is 6.04 Å². The van der Waals surface area contributed by atoms with Crippen LogP contribution in [0.5, 0.6) is 0 Å². The van der Waals surface area contributed by atoms with Gasteiger partial charge in [0.25, 0.3) is 0 Å². The Morgan fingerprint density at radius 1 is 1.55 bits per heavy atom. The SMILES string of the molecule is CCN1CCC(CNC)C1C. The van der Waals surface area contributed by atoms with Crippen LogP contribution in [0.15, 0.2) is 0 Å². The number of likely N-dealkylation sites (tertiary alicyclic amines) is 1. The molecule has 0 spiro atoms. The molecular formula is C9H20N2. The van der Waals surface area contributed by atoms with E-state index in [-0.39, 0.29) is 0 Å². The van der Waals surface area contributed by atoms with Crippen molar-refractivity contribution in [2.45, 2.75) is 26.3 Å². The molecule has 0 amide bonds. The molecule has 1 rings (SSSR count). The Morgan fingerprint density at radius 2 is 2.27 bits per heavy atom. The van der Waals surface area contributed by atoms with Gasteiger partial charge in [0.05, 0.1) is 0 Å². The fourth-order valence-electron chi connectivity index (χ4n) is 2.06. The standard InChI is InChI=1S/C9H20N2/c1-4-11-6-5-9(7-10-3)8(11)2/h8-10H,4-7H2,1-3H3. The highest BCUT2D eigenvalue weighted by Gasteiger charge is 2.28. The molecule has 11 heavy (non-hydrogen) atoms. The number of hydrogen-bond acceptors (Lipinski definition) is 2. The minimum absolute atomic E-state index is 0.785. The molecule has 2 heteroatoms. The molecule has 1 heterocycles. The Hall–Kier alpha value is -0.0800. The van der Waals surface area contributed by atoms with Crippen molar-refractivity contribution in [2.75, 3.05) is 26.7 Å². The second kappa shape index (κ2) is 4.07. The van der Waals surface area contributed by atoms with E-state index in [2.05, 4.69) is 24.1 Å². The van der Waals surface area contributed by atoms with Crippen molar-refractivity contribution >= 4 is 0 Å². The van der Waals surface area contributed by atoms with Gasteiger partial charge in [0.1, 0.15) is 0 Å². The van der Waals surface area contributed by atoms with Crippen molar-refractivity contribution in [2.24, 2.45) is 5.92 Å². The summed E-state index contributed by atoms with van der Waals surface area (Å²) in [4.78, 5) is 2.56. The van der Waals surface area contributed by atoms with Crippen LogP contribution < -0.4 is 5.32 Å². The van der Waals surface area contributed by atoms with Crippen LogP contribution in [-0.2, 0) is 0 Å². The summed E-state index contributed by atoms with van der Waals surface area (Å²) in [6, 6.07) is 0.785. The smallest absolute Gasteiger partial charge is 0.0108 e. The van der Waals surface area contributed by atoms with Crippen LogP contribution in [0.1, 0.15) is 20.3 Å². The highest BCUT2D eigenvalue weighted by Crippen LogP contribution is 2.22. The maximum Gasteiger partial charge on any atom is 0.0108 e. The average Bonchev–Trinajstić information content (AvgIpc) is 2.34. The maximum absolute atomic E-state index is 3.26. The van der Waals surface area contributed by atoms with Gasteiger partial charge >= 0.3 is 0 Å². The van der Waals surface area contributed by atoms with Crippen LogP contribution in [-0.4, -0.2) is 37.6 Å². The van der Waals surface area contributed by atoms with E-state index >= 15 is 0 Å². The summed E-state index contributed by atoms with van der Waals surface area (Å²) in [5, 5.41) is 3.26. The molecule has 0 saturated carbocycles. The first kappa shape index (κ1) is 9.01. The second-order valence-electron chi connectivity index (χ2n) is 3.48. The maximum atomic E-state index is 3.26. The molecular weight excluding hydrogens is 136 g/mol. The Bertz CT molecular complexity index is 114. The molecule has 2 atom stereocenters. The first-order valence-corrected chi connectivity index (χ1v) is 4.68. The summed E-state index contributed by atoms with van der Waals surface area (Å²) < 4.78 is 0. The molecule has 1 N–H and O–H groups in total. The van der Waals surface area contributed by atoms with Crippen molar-refractivity contribution in [3.05, 3.63) is 0 Å². The fourth-order valence-corrected chi connectivity index (χ4v) is 2.06. The van der Waals surface area contributed by atoms with Gasteiger partial charge in [0.15, 0.2) is 0 Å². The molecule has 0 aromatic rings. The Balaban J connectivity index is 2.35. The Morgan fingerprint density at radius 3 is 2.73 bits per heavy atom. The topological polar surface area (TPSA) is 15.3 Å². The van der Waals surface area contributed by atoms with Crippen molar-refractivity contribution in [1.82, 2.24) is 10.2 Å². The van der Waals surface area contributed by atoms with Crippen molar-refractivity contribution in [3.8, 4) is 0 Å². The van der Waals surface area contributed by atoms with Gasteiger partial charge in [-0.25, -0.2) is 0 Å². The lowest BCUT2D eigenvalue weighted by atomic mass is 10.0. The molecule has 0 radical (unpaired) electrons. The fraction of sp³-hybridized carbons (Fsp3) is 1.00. The zero-order chi connectivity index (χ0) is 8.27. The van der Waals surface area contributed by atoms with E-state index in [0.717, 1.165) is 12.0 Å². The minimum atomic E-state index is 0.785. The van der Waals surface area contributed by atoms with E-state index < -0.39 is 0 Å². The molecule has 1 aliphatic heterocycles. The summed E-state index contributed by atoms with van der Waals surface area (Å²) in [7, 11) is 2.04. The predicted molar refractivity (Wildman–Crippen MR) is 48.7 cm³/mol. The summed E-state index contributed by atoms with van der Waals surface area (Å²) in [6.45, 7) is 8.28. The lowest BCUT2D eigenvalue weighted by Gasteiger charge is -2.22. The largest absolute Gasteiger partial charge is 0.319 e. The first-order valence-electron chi connectivity index (χ1n) is 4.68. The lowest BCUT2D eigenvalue weighted by molar-refractivity contribution is 0.252. The van der Waals surface area contributed by atoms with Crippen molar-refractivity contribution < 1.29 is 0 Å². The first-order chi connectivity index (χ1) is 5.29. The number of nitrogens with one attached hydrogen (secondary N) is 1. The van der Waals surface area contributed by atoms with Crippen LogP contribution >= 0.6 is 0 Å². The van der Waals surface area contributed by atoms with Crippen molar-refractivity contribution in [3.63, 3.8) is 0 Å². The molecule has 0 aromatic heterocycles. The molecule has 1 aliphatic rings. The van der Waals surface area contributed by atoms with Gasteiger partial charge < -0.3 is 10.2 Å². The summed E-state index contributed by atoms with van der Waals surface area (Å²) in [5.74, 6) is 0.875. The molecule has 1 fully saturated rings. The van der Waals surface area contributed by atoms with E-state index in [4.69, 9.17) is 0 Å². The van der Waals surface area contributed by atoms with E-state index in [0.29, 0.717) is 0 Å². The third-order valence-corrected chi connectivity index (χ3v) is 2.92. The molecule has 0 aromatic carbocycles. The van der Waals surface area contributed by atoms with Crippen LogP contribution in [0.25, 0.3) is 0 Å². The normalized spacial score (nSPS) is 33.0. The predicted octanol–water partition coefficient (Wildman–Crippen LogP) is 0.936. The molecule has 2 unspecified atom stereocenters. The Labute approximate surface area is 70.0 Å². The number of nitrogens with zero attached hydrogens (tertiary/aromatic N) is 1. The zero-order valence-corrected chi connectivity index (χ0v) is 7.93. The molecule has 0 aliphatic carbocycles. The van der Waals surface area contributed by atoms with Gasteiger partial charge in [-0.1, -0.05) is 6.92 Å². The van der Waals surface area contributed by atoms with Gasteiger partial charge in [-0.3, -0.25) is 0 Å². The van der Waals surface area contributed by atoms with Crippen molar-refractivity contribution in [1.29, 1.82) is 0 Å². The minimum Gasteiger partial charge on any atom is -0.319 e. The second-order valence-corrected chi connectivity index (χ2v) is 3.48. The van der Waals surface area contributed by atoms with E-state index in [9.17, 15) is 0 Å². The molecule has 1 saturated heterocycles. The average molecular weight is 156 g/mol. The van der Waals surface area contributed by atoms with Crippen LogP contribution in [0.3, 0.4) is 0 Å². The summed E-state index contributed by atoms with van der Waals surface area (Å²) in [5.41, 5.74) is 0. The van der Waals surface area contributed by atoms with E-state index in [1.807, 2.05) is 7.05 Å². The highest BCUT2D eigenvalue weighted by molar-refractivity contribution is 4.83. The van der Waals surface area contributed by atoms with Crippen LogP contribution in [0.4, 0.5) is 0 Å². The third-order valence-electron chi connectivity index (χ3n) is 2.92. The molecule has 66 valence electrons. The Kier molecular flexibility index (Phi) is 3.34. The van der Waals surface area contributed by atoms with E-state index in [1.165, 1.54) is 26.1 Å². The zero-order valence-electron chi connectivity index (χ0n) is 7.93. The summed E-state index contributed by atoms with van der Waals surface area (Å²) >= 11 is 0. The van der Waals surface area contributed by atoms with Gasteiger partial charge in [0.2, 0.25) is 0 Å². The molecule has 2 nitrogen and oxygen atoms in total. The van der Waals surface area contributed by atoms with Gasteiger partial charge in [-0.2, -0.15) is 0 Å². The summed E-state index contributed by atoms with van der Waals surface area (Å²) in [6.07, 6.45) is 1.37. The number of hydrogen-bond donors (Lipinski definition) is 1.